The number of carbonyl (C=O) groups is 2. The topological polar surface area (TPSA) is 91.3 Å². The van der Waals surface area contributed by atoms with Crippen molar-refractivity contribution in [2.45, 2.75) is 19.8 Å². The number of hydrogen-bond donors (Lipinski definition) is 3. The van der Waals surface area contributed by atoms with Gasteiger partial charge in [0.25, 0.3) is 0 Å². The van der Waals surface area contributed by atoms with E-state index in [1.165, 1.54) is 12.8 Å². The van der Waals surface area contributed by atoms with Crippen LogP contribution in [-0.4, -0.2) is 52.7 Å². The van der Waals surface area contributed by atoms with Gasteiger partial charge in [-0.05, 0) is 80.4 Å². The highest BCUT2D eigenvalue weighted by Crippen LogP contribution is 2.31. The van der Waals surface area contributed by atoms with Crippen molar-refractivity contribution in [2.75, 3.05) is 36.8 Å². The Morgan fingerprint density at radius 1 is 1.00 bits per heavy atom. The van der Waals surface area contributed by atoms with E-state index in [0.717, 1.165) is 47.2 Å². The SMILES string of the molecule is Cc1cc(NC(=O)Nc2ccc(-c3cn(C(=O)NCCN4CCCC4)c4ccncc34)cc2)ccc1Cl. The summed E-state index contributed by atoms with van der Waals surface area (Å²) in [6.45, 7) is 5.56. The number of nitrogens with zero attached hydrogens (tertiary/aromatic N) is 3. The minimum Gasteiger partial charge on any atom is -0.336 e. The molecule has 1 aliphatic heterocycles. The maximum absolute atomic E-state index is 13.0. The number of benzene rings is 2. The van der Waals surface area contributed by atoms with E-state index in [1.807, 2.05) is 49.5 Å². The van der Waals surface area contributed by atoms with E-state index >= 15 is 0 Å². The second-order valence-electron chi connectivity index (χ2n) is 9.21. The first kappa shape index (κ1) is 24.8. The second-order valence-corrected chi connectivity index (χ2v) is 9.61. The largest absolute Gasteiger partial charge is 0.336 e. The number of anilines is 2. The Labute approximate surface area is 220 Å². The Morgan fingerprint density at radius 3 is 2.49 bits per heavy atom. The molecule has 0 saturated carbocycles. The smallest absolute Gasteiger partial charge is 0.326 e. The van der Waals surface area contributed by atoms with Crippen LogP contribution in [0.15, 0.2) is 67.1 Å². The summed E-state index contributed by atoms with van der Waals surface area (Å²) in [6.07, 6.45) is 7.76. The Bertz CT molecular complexity index is 1430. The maximum atomic E-state index is 13.0. The molecular weight excluding hydrogens is 488 g/mol. The van der Waals surface area contributed by atoms with E-state index in [0.29, 0.717) is 22.9 Å². The molecule has 2 aromatic carbocycles. The normalized spacial score (nSPS) is 13.6. The van der Waals surface area contributed by atoms with Crippen LogP contribution < -0.4 is 16.0 Å². The molecule has 3 amide bonds. The molecule has 0 atom stereocenters. The quantitative estimate of drug-likeness (QED) is 0.295. The third-order valence-corrected chi connectivity index (χ3v) is 7.02. The Kier molecular flexibility index (Phi) is 7.39. The van der Waals surface area contributed by atoms with Crippen LogP contribution in [0.4, 0.5) is 21.0 Å². The molecule has 190 valence electrons. The summed E-state index contributed by atoms with van der Waals surface area (Å²) in [6, 6.07) is 14.2. The van der Waals surface area contributed by atoms with E-state index in [4.69, 9.17) is 11.6 Å². The maximum Gasteiger partial charge on any atom is 0.326 e. The summed E-state index contributed by atoms with van der Waals surface area (Å²) >= 11 is 6.06. The van der Waals surface area contributed by atoms with Crippen LogP contribution in [0, 0.1) is 6.92 Å². The van der Waals surface area contributed by atoms with Gasteiger partial charge in [-0.3, -0.25) is 9.55 Å². The summed E-state index contributed by atoms with van der Waals surface area (Å²) in [5.41, 5.74) is 4.80. The first-order valence-corrected chi connectivity index (χ1v) is 12.8. The number of hydrogen-bond acceptors (Lipinski definition) is 4. The highest BCUT2D eigenvalue weighted by Gasteiger charge is 2.16. The number of amides is 3. The van der Waals surface area contributed by atoms with Gasteiger partial charge in [0, 0.05) is 59.0 Å². The molecule has 3 N–H and O–H groups in total. The van der Waals surface area contributed by atoms with Crippen LogP contribution in [0.3, 0.4) is 0 Å². The second kappa shape index (κ2) is 11.0. The predicted molar refractivity (Wildman–Crippen MR) is 148 cm³/mol. The number of carbonyl (C=O) groups excluding carboxylic acids is 2. The number of halogens is 1. The van der Waals surface area contributed by atoms with Crippen molar-refractivity contribution in [3.05, 3.63) is 77.7 Å². The monoisotopic (exact) mass is 516 g/mol. The molecule has 37 heavy (non-hydrogen) atoms. The molecule has 1 aliphatic rings. The van der Waals surface area contributed by atoms with Crippen molar-refractivity contribution < 1.29 is 9.59 Å². The zero-order valence-corrected chi connectivity index (χ0v) is 21.4. The van der Waals surface area contributed by atoms with Crippen molar-refractivity contribution >= 4 is 45.9 Å². The fraction of sp³-hybridized carbons (Fsp3) is 0.250. The van der Waals surface area contributed by atoms with E-state index in [-0.39, 0.29) is 12.1 Å². The third-order valence-electron chi connectivity index (χ3n) is 6.60. The lowest BCUT2D eigenvalue weighted by molar-refractivity contribution is 0.240. The summed E-state index contributed by atoms with van der Waals surface area (Å²) in [5, 5.41) is 10.2. The average Bonchev–Trinajstić information content (AvgIpc) is 3.55. The van der Waals surface area contributed by atoms with Crippen LogP contribution in [0.5, 0.6) is 0 Å². The molecule has 1 saturated heterocycles. The molecule has 3 heterocycles. The fourth-order valence-corrected chi connectivity index (χ4v) is 4.75. The highest BCUT2D eigenvalue weighted by molar-refractivity contribution is 6.31. The molecule has 9 heteroatoms. The summed E-state index contributed by atoms with van der Waals surface area (Å²) in [4.78, 5) is 32.1. The number of pyridine rings is 1. The average molecular weight is 517 g/mol. The van der Waals surface area contributed by atoms with Crippen molar-refractivity contribution in [1.29, 1.82) is 0 Å². The number of aromatic nitrogens is 2. The molecule has 8 nitrogen and oxygen atoms in total. The minimum absolute atomic E-state index is 0.158. The van der Waals surface area contributed by atoms with Crippen molar-refractivity contribution in [3.63, 3.8) is 0 Å². The molecule has 0 aliphatic carbocycles. The number of urea groups is 1. The van der Waals surface area contributed by atoms with Crippen molar-refractivity contribution in [3.8, 4) is 11.1 Å². The molecule has 0 bridgehead atoms. The van der Waals surface area contributed by atoms with Crippen molar-refractivity contribution in [1.82, 2.24) is 19.8 Å². The van der Waals surface area contributed by atoms with Gasteiger partial charge in [-0.1, -0.05) is 23.7 Å². The molecule has 0 unspecified atom stereocenters. The van der Waals surface area contributed by atoms with Gasteiger partial charge in [-0.2, -0.15) is 0 Å². The summed E-state index contributed by atoms with van der Waals surface area (Å²) in [7, 11) is 0. The predicted octanol–water partition coefficient (Wildman–Crippen LogP) is 5.96. The van der Waals surface area contributed by atoms with E-state index < -0.39 is 0 Å². The Balaban J connectivity index is 1.28. The first-order valence-electron chi connectivity index (χ1n) is 12.4. The number of aryl methyl sites for hydroxylation is 1. The van der Waals surface area contributed by atoms with Gasteiger partial charge in [0.05, 0.1) is 5.52 Å². The molecule has 5 rings (SSSR count). The zero-order chi connectivity index (χ0) is 25.8. The number of nitrogens with one attached hydrogen (secondary N) is 3. The van der Waals surface area contributed by atoms with Crippen LogP contribution in [0.25, 0.3) is 22.0 Å². The molecule has 1 fully saturated rings. The van der Waals surface area contributed by atoms with Gasteiger partial charge in [0.2, 0.25) is 0 Å². The van der Waals surface area contributed by atoms with Crippen LogP contribution in [-0.2, 0) is 0 Å². The Morgan fingerprint density at radius 2 is 1.73 bits per heavy atom. The van der Waals surface area contributed by atoms with Crippen LogP contribution in [0.2, 0.25) is 5.02 Å². The van der Waals surface area contributed by atoms with E-state index in [2.05, 4.69) is 25.8 Å². The van der Waals surface area contributed by atoms with Crippen LogP contribution >= 0.6 is 11.6 Å². The molecular formula is C28H29ClN6O2. The van der Waals surface area contributed by atoms with Gasteiger partial charge < -0.3 is 20.9 Å². The minimum atomic E-state index is -0.346. The van der Waals surface area contributed by atoms with Gasteiger partial charge in [-0.25, -0.2) is 9.59 Å². The summed E-state index contributed by atoms with van der Waals surface area (Å²) < 4.78 is 1.64. The van der Waals surface area contributed by atoms with E-state index in [1.54, 1.807) is 29.1 Å². The highest BCUT2D eigenvalue weighted by atomic mass is 35.5. The molecule has 4 aromatic rings. The summed E-state index contributed by atoms with van der Waals surface area (Å²) in [5.74, 6) is 0. The number of fused-ring (bicyclic) bond motifs is 1. The first-order chi connectivity index (χ1) is 18.0. The number of likely N-dealkylation sites (tertiary alicyclic amines) is 1. The van der Waals surface area contributed by atoms with Gasteiger partial charge >= 0.3 is 12.1 Å². The van der Waals surface area contributed by atoms with Gasteiger partial charge in [0.15, 0.2) is 0 Å². The fourth-order valence-electron chi connectivity index (χ4n) is 4.63. The lowest BCUT2D eigenvalue weighted by Crippen LogP contribution is -2.35. The van der Waals surface area contributed by atoms with Crippen LogP contribution in [0.1, 0.15) is 18.4 Å². The lowest BCUT2D eigenvalue weighted by atomic mass is 10.1. The van der Waals surface area contributed by atoms with Crippen molar-refractivity contribution in [2.24, 2.45) is 0 Å². The van der Waals surface area contributed by atoms with Gasteiger partial charge in [0.1, 0.15) is 0 Å². The lowest BCUT2D eigenvalue weighted by Gasteiger charge is -2.15. The molecule has 0 radical (unpaired) electrons. The van der Waals surface area contributed by atoms with Gasteiger partial charge in [-0.15, -0.1) is 0 Å². The molecule has 0 spiro atoms. The zero-order valence-electron chi connectivity index (χ0n) is 20.6. The van der Waals surface area contributed by atoms with E-state index in [9.17, 15) is 9.59 Å². The standard InChI is InChI=1S/C28H29ClN6O2/c1-19-16-22(8-9-25(19)29)33-27(36)32-21-6-4-20(5-7-21)24-18-35(26-10-11-30-17-23(24)26)28(37)31-12-15-34-13-2-3-14-34/h4-11,16-18H,2-3,12-15H2,1H3,(H,31,37)(H2,32,33,36). The molecule has 2 aromatic heterocycles. The Hall–Kier alpha value is -3.88. The number of rotatable bonds is 6. The third kappa shape index (κ3) is 5.76.